The van der Waals surface area contributed by atoms with Gasteiger partial charge in [0, 0.05) is 6.04 Å². The van der Waals surface area contributed by atoms with Gasteiger partial charge < -0.3 is 15.6 Å². The molecule has 0 heterocycles. The van der Waals surface area contributed by atoms with Crippen LogP contribution in [0.3, 0.4) is 0 Å². The van der Waals surface area contributed by atoms with E-state index >= 15 is 0 Å². The van der Waals surface area contributed by atoms with Gasteiger partial charge in [-0.05, 0) is 32.9 Å². The number of carbonyl (C=O) groups excluding carboxylic acids is 1. The molecule has 2 amide bonds. The number of hydrogen-bond donors (Lipinski definition) is 2. The highest BCUT2D eigenvalue weighted by molar-refractivity contribution is 6.22. The number of halogens is 1. The summed E-state index contributed by atoms with van der Waals surface area (Å²) in [5.74, 6) is 0.486. The van der Waals surface area contributed by atoms with E-state index in [4.69, 9.17) is 22.1 Å². The molecule has 0 aliphatic carbocycles. The highest BCUT2D eigenvalue weighted by Crippen LogP contribution is 2.26. The lowest BCUT2D eigenvalue weighted by Gasteiger charge is -2.38. The van der Waals surface area contributed by atoms with E-state index in [1.807, 2.05) is 6.07 Å². The Bertz CT molecular complexity index is 418. The van der Waals surface area contributed by atoms with Crippen LogP contribution in [0.1, 0.15) is 20.8 Å². The van der Waals surface area contributed by atoms with Gasteiger partial charge >= 0.3 is 6.03 Å². The summed E-state index contributed by atoms with van der Waals surface area (Å²) in [5.41, 5.74) is 5.33. The number of benzene rings is 1. The summed E-state index contributed by atoms with van der Waals surface area (Å²) in [6, 6.07) is 7.81. The van der Waals surface area contributed by atoms with Gasteiger partial charge in [0.15, 0.2) is 5.06 Å². The molecule has 0 radical (unpaired) electrons. The Kier molecular flexibility index (Phi) is 5.03. The predicted octanol–water partition coefficient (Wildman–Crippen LogP) is 2.13. The second kappa shape index (κ2) is 6.12. The van der Waals surface area contributed by atoms with Crippen LogP contribution in [0.4, 0.5) is 4.79 Å². The zero-order chi connectivity index (χ0) is 14.6. The van der Waals surface area contributed by atoms with E-state index in [-0.39, 0.29) is 6.04 Å². The maximum atomic E-state index is 11.5. The van der Waals surface area contributed by atoms with Crippen LogP contribution in [-0.2, 0) is 0 Å². The monoisotopic (exact) mass is 286 g/mol. The number of ether oxygens (including phenoxy) is 1. The third-order valence-electron chi connectivity index (χ3n) is 2.51. The smallest absolute Gasteiger partial charge is 0.318 e. The van der Waals surface area contributed by atoms with Gasteiger partial charge in [-0.15, -0.1) is 0 Å². The molecule has 106 valence electrons. The van der Waals surface area contributed by atoms with E-state index in [1.165, 1.54) is 11.8 Å². The van der Waals surface area contributed by atoms with Crippen molar-refractivity contribution in [2.24, 2.45) is 5.73 Å². The van der Waals surface area contributed by atoms with Crippen LogP contribution in [0, 0.1) is 0 Å². The van der Waals surface area contributed by atoms with Gasteiger partial charge in [0.1, 0.15) is 5.75 Å². The van der Waals surface area contributed by atoms with E-state index in [9.17, 15) is 9.90 Å². The van der Waals surface area contributed by atoms with Crippen molar-refractivity contribution in [3.63, 3.8) is 0 Å². The van der Waals surface area contributed by atoms with Gasteiger partial charge in [0.25, 0.3) is 0 Å². The molecule has 6 heteroatoms. The second-order valence-electron chi connectivity index (χ2n) is 4.65. The van der Waals surface area contributed by atoms with Crippen molar-refractivity contribution < 1.29 is 14.6 Å². The number of aliphatic hydroxyl groups is 1. The fraction of sp³-hybridized carbons (Fsp3) is 0.462. The Hall–Kier alpha value is -1.46. The summed E-state index contributed by atoms with van der Waals surface area (Å²) in [6.45, 7) is 4.87. The largest absolute Gasteiger partial charge is 0.466 e. The van der Waals surface area contributed by atoms with Gasteiger partial charge in [-0.3, -0.25) is 4.90 Å². The van der Waals surface area contributed by atoms with Crippen molar-refractivity contribution in [3.05, 3.63) is 30.3 Å². The van der Waals surface area contributed by atoms with E-state index < -0.39 is 17.3 Å². The maximum absolute atomic E-state index is 11.5. The molecule has 2 atom stereocenters. The van der Waals surface area contributed by atoms with E-state index in [2.05, 4.69) is 0 Å². The number of nitrogens with zero attached hydrogens (tertiary/aromatic N) is 1. The van der Waals surface area contributed by atoms with E-state index in [0.717, 1.165) is 0 Å². The van der Waals surface area contributed by atoms with Crippen molar-refractivity contribution in [1.82, 2.24) is 4.90 Å². The first-order chi connectivity index (χ1) is 8.73. The number of para-hydroxylation sites is 1. The molecule has 1 aromatic rings. The van der Waals surface area contributed by atoms with Gasteiger partial charge in [-0.1, -0.05) is 29.8 Å². The Balaban J connectivity index is 3.05. The molecule has 0 spiro atoms. The summed E-state index contributed by atoms with van der Waals surface area (Å²) >= 11 is 5.91. The Morgan fingerprint density at radius 1 is 1.42 bits per heavy atom. The lowest BCUT2D eigenvalue weighted by molar-refractivity contribution is -0.0698. The van der Waals surface area contributed by atoms with Crippen LogP contribution < -0.4 is 10.5 Å². The maximum Gasteiger partial charge on any atom is 0.318 e. The SMILES string of the molecule is CC(C)N(C(N)=O)C(Oc1ccccc1)C(C)(O)Cl. The first-order valence-corrected chi connectivity index (χ1v) is 6.32. The predicted molar refractivity (Wildman–Crippen MR) is 73.9 cm³/mol. The van der Waals surface area contributed by atoms with Crippen LogP contribution >= 0.6 is 11.6 Å². The number of carbonyl (C=O) groups is 1. The number of alkyl halides is 1. The average molecular weight is 287 g/mol. The molecule has 0 aromatic heterocycles. The third kappa shape index (κ3) is 4.29. The van der Waals surface area contributed by atoms with Crippen LogP contribution in [0.5, 0.6) is 5.75 Å². The normalized spacial score (nSPS) is 15.7. The van der Waals surface area contributed by atoms with Crippen molar-refractivity contribution in [1.29, 1.82) is 0 Å². The number of nitrogens with two attached hydrogens (primary N) is 1. The van der Waals surface area contributed by atoms with Gasteiger partial charge in [-0.25, -0.2) is 4.79 Å². The fourth-order valence-electron chi connectivity index (χ4n) is 1.69. The Morgan fingerprint density at radius 2 is 1.95 bits per heavy atom. The molecule has 1 rings (SSSR count). The second-order valence-corrected chi connectivity index (χ2v) is 5.41. The molecule has 0 saturated carbocycles. The minimum absolute atomic E-state index is 0.267. The lowest BCUT2D eigenvalue weighted by Crippen LogP contribution is -2.58. The first-order valence-electron chi connectivity index (χ1n) is 5.94. The highest BCUT2D eigenvalue weighted by Gasteiger charge is 2.40. The van der Waals surface area contributed by atoms with Crippen LogP contribution in [0.15, 0.2) is 30.3 Å². The average Bonchev–Trinajstić information content (AvgIpc) is 2.27. The van der Waals surface area contributed by atoms with Gasteiger partial charge in [-0.2, -0.15) is 0 Å². The molecule has 2 unspecified atom stereocenters. The molecule has 19 heavy (non-hydrogen) atoms. The van der Waals surface area contributed by atoms with Gasteiger partial charge in [0.05, 0.1) is 0 Å². The molecule has 3 N–H and O–H groups in total. The summed E-state index contributed by atoms with van der Waals surface area (Å²) in [6.07, 6.45) is -1.09. The molecule has 0 saturated heterocycles. The summed E-state index contributed by atoms with van der Waals surface area (Å²) in [5, 5.41) is 8.23. The minimum atomic E-state index is -1.77. The van der Waals surface area contributed by atoms with E-state index in [0.29, 0.717) is 5.75 Å². The van der Waals surface area contributed by atoms with Crippen molar-refractivity contribution in [3.8, 4) is 5.75 Å². The topological polar surface area (TPSA) is 75.8 Å². The number of amides is 2. The van der Waals surface area contributed by atoms with Gasteiger partial charge in [0.2, 0.25) is 6.23 Å². The molecule has 0 aliphatic rings. The van der Waals surface area contributed by atoms with Crippen molar-refractivity contribution in [2.75, 3.05) is 0 Å². The molecular weight excluding hydrogens is 268 g/mol. The molecule has 0 fully saturated rings. The fourth-order valence-corrected chi connectivity index (χ4v) is 1.84. The van der Waals surface area contributed by atoms with Crippen LogP contribution in [-0.4, -0.2) is 33.4 Å². The Morgan fingerprint density at radius 3 is 2.32 bits per heavy atom. The zero-order valence-electron chi connectivity index (χ0n) is 11.2. The molecule has 0 bridgehead atoms. The number of primary amides is 1. The highest BCUT2D eigenvalue weighted by atomic mass is 35.5. The summed E-state index contributed by atoms with van der Waals surface area (Å²) in [4.78, 5) is 12.7. The quantitative estimate of drug-likeness (QED) is 0.643. The minimum Gasteiger partial charge on any atom is -0.466 e. The molecule has 0 aliphatic heterocycles. The summed E-state index contributed by atoms with van der Waals surface area (Å²) in [7, 11) is 0. The standard InChI is InChI=1S/C13H19ClN2O3/c1-9(2)16(12(15)17)11(13(3,14)18)19-10-7-5-4-6-8-10/h4-9,11,18H,1-3H3,(H2,15,17). The van der Waals surface area contributed by atoms with Crippen LogP contribution in [0.2, 0.25) is 0 Å². The lowest BCUT2D eigenvalue weighted by atomic mass is 10.2. The molecule has 5 nitrogen and oxygen atoms in total. The summed E-state index contributed by atoms with van der Waals surface area (Å²) < 4.78 is 5.61. The molecule has 1 aromatic carbocycles. The molecular formula is C13H19ClN2O3. The van der Waals surface area contributed by atoms with Crippen LogP contribution in [0.25, 0.3) is 0 Å². The zero-order valence-corrected chi connectivity index (χ0v) is 12.0. The first kappa shape index (κ1) is 15.6. The Labute approximate surface area is 117 Å². The van der Waals surface area contributed by atoms with Crippen molar-refractivity contribution >= 4 is 17.6 Å². The number of hydrogen-bond acceptors (Lipinski definition) is 3. The number of urea groups is 1. The third-order valence-corrected chi connectivity index (χ3v) is 2.69. The number of rotatable bonds is 5. The van der Waals surface area contributed by atoms with E-state index in [1.54, 1.807) is 38.1 Å². The van der Waals surface area contributed by atoms with Crippen molar-refractivity contribution in [2.45, 2.75) is 38.1 Å².